The van der Waals surface area contributed by atoms with Crippen molar-refractivity contribution in [1.82, 2.24) is 5.32 Å². The molecule has 0 saturated carbocycles. The van der Waals surface area contributed by atoms with Crippen LogP contribution in [0.1, 0.15) is 50.5 Å². The van der Waals surface area contributed by atoms with Gasteiger partial charge in [0.15, 0.2) is 0 Å². The number of nitrogens with one attached hydrogen (secondary N) is 1. The Balaban J connectivity index is 1.90. The van der Waals surface area contributed by atoms with Gasteiger partial charge in [-0.1, -0.05) is 62.1 Å². The minimum Gasteiger partial charge on any atom is -0.445 e. The van der Waals surface area contributed by atoms with Crippen molar-refractivity contribution in [3.05, 3.63) is 48.6 Å². The van der Waals surface area contributed by atoms with E-state index in [2.05, 4.69) is 11.9 Å². The van der Waals surface area contributed by atoms with Gasteiger partial charge < -0.3 is 10.1 Å². The van der Waals surface area contributed by atoms with E-state index in [0.717, 1.165) is 24.8 Å². The van der Waals surface area contributed by atoms with Gasteiger partial charge in [0.2, 0.25) is 0 Å². The van der Waals surface area contributed by atoms with Crippen LogP contribution in [0, 0.1) is 0 Å². The molecule has 0 heterocycles. The van der Waals surface area contributed by atoms with E-state index in [0.29, 0.717) is 13.2 Å². The first-order chi connectivity index (χ1) is 10.3. The number of hydrogen-bond donors (Lipinski definition) is 1. The van der Waals surface area contributed by atoms with Gasteiger partial charge in [0.25, 0.3) is 0 Å². The van der Waals surface area contributed by atoms with Crippen LogP contribution in [0.3, 0.4) is 0 Å². The van der Waals surface area contributed by atoms with Crippen molar-refractivity contribution in [3.63, 3.8) is 0 Å². The third kappa shape index (κ3) is 9.72. The minimum absolute atomic E-state index is 0.329. The van der Waals surface area contributed by atoms with Crippen molar-refractivity contribution in [1.29, 1.82) is 0 Å². The van der Waals surface area contributed by atoms with E-state index in [1.54, 1.807) is 0 Å². The van der Waals surface area contributed by atoms with Gasteiger partial charge >= 0.3 is 6.09 Å². The molecule has 0 radical (unpaired) electrons. The zero-order valence-electron chi connectivity index (χ0n) is 12.9. The van der Waals surface area contributed by atoms with E-state index in [9.17, 15) is 4.79 Å². The van der Waals surface area contributed by atoms with Crippen LogP contribution in [0.2, 0.25) is 0 Å². The number of alkyl carbamates (subject to hydrolysis) is 1. The molecule has 21 heavy (non-hydrogen) atoms. The topological polar surface area (TPSA) is 38.3 Å². The molecule has 1 N–H and O–H groups in total. The van der Waals surface area contributed by atoms with Crippen LogP contribution in [0.15, 0.2) is 43.0 Å². The lowest BCUT2D eigenvalue weighted by molar-refractivity contribution is 0.139. The van der Waals surface area contributed by atoms with Crippen molar-refractivity contribution in [2.75, 3.05) is 6.54 Å². The smallest absolute Gasteiger partial charge is 0.407 e. The summed E-state index contributed by atoms with van der Waals surface area (Å²) in [5.74, 6) is 0. The molecule has 0 fully saturated rings. The summed E-state index contributed by atoms with van der Waals surface area (Å²) in [7, 11) is 0. The van der Waals surface area contributed by atoms with E-state index < -0.39 is 0 Å². The monoisotopic (exact) mass is 289 g/mol. The number of ether oxygens (including phenoxy) is 1. The summed E-state index contributed by atoms with van der Waals surface area (Å²) in [5.41, 5.74) is 1.01. The summed E-state index contributed by atoms with van der Waals surface area (Å²) in [6, 6.07) is 9.71. The Labute approximate surface area is 128 Å². The third-order valence-corrected chi connectivity index (χ3v) is 3.32. The molecule has 0 aromatic heterocycles. The third-order valence-electron chi connectivity index (χ3n) is 3.32. The van der Waals surface area contributed by atoms with E-state index >= 15 is 0 Å². The fourth-order valence-electron chi connectivity index (χ4n) is 2.09. The van der Waals surface area contributed by atoms with Crippen LogP contribution in [0.25, 0.3) is 0 Å². The fourth-order valence-corrected chi connectivity index (χ4v) is 2.09. The number of benzene rings is 1. The zero-order chi connectivity index (χ0) is 15.2. The zero-order valence-corrected chi connectivity index (χ0v) is 12.9. The number of hydrogen-bond acceptors (Lipinski definition) is 2. The lowest BCUT2D eigenvalue weighted by atomic mass is 10.1. The maximum absolute atomic E-state index is 11.5. The van der Waals surface area contributed by atoms with Gasteiger partial charge in [-0.05, 0) is 24.8 Å². The average molecular weight is 289 g/mol. The maximum atomic E-state index is 11.5. The molecule has 1 amide bonds. The molecule has 3 nitrogen and oxygen atoms in total. The highest BCUT2D eigenvalue weighted by atomic mass is 16.5. The normalized spacial score (nSPS) is 10.1. The number of rotatable bonds is 11. The Bertz CT molecular complexity index is 389. The van der Waals surface area contributed by atoms with Crippen molar-refractivity contribution in [3.8, 4) is 0 Å². The standard InChI is InChI=1S/C18H27NO2/c1-2-3-4-5-6-7-8-12-15-19-18(20)21-16-17-13-10-9-11-14-17/h2,9-11,13-14H,1,3-8,12,15-16H2,(H,19,20). The average Bonchev–Trinajstić information content (AvgIpc) is 2.52. The highest BCUT2D eigenvalue weighted by molar-refractivity contribution is 5.67. The van der Waals surface area contributed by atoms with Gasteiger partial charge in [-0.3, -0.25) is 0 Å². The van der Waals surface area contributed by atoms with Crippen LogP contribution in [0.4, 0.5) is 4.79 Å². The highest BCUT2D eigenvalue weighted by Crippen LogP contribution is 2.07. The highest BCUT2D eigenvalue weighted by Gasteiger charge is 2.01. The minimum atomic E-state index is -0.329. The number of carbonyl (C=O) groups is 1. The summed E-state index contributed by atoms with van der Waals surface area (Å²) in [6.07, 6.45) is 9.97. The summed E-state index contributed by atoms with van der Waals surface area (Å²) >= 11 is 0. The Morgan fingerprint density at radius 1 is 1.05 bits per heavy atom. The number of allylic oxidation sites excluding steroid dienone is 1. The van der Waals surface area contributed by atoms with E-state index in [-0.39, 0.29) is 6.09 Å². The lowest BCUT2D eigenvalue weighted by Crippen LogP contribution is -2.25. The maximum Gasteiger partial charge on any atom is 0.407 e. The predicted molar refractivity (Wildman–Crippen MR) is 87.1 cm³/mol. The van der Waals surface area contributed by atoms with Crippen LogP contribution in [-0.4, -0.2) is 12.6 Å². The molecule has 0 unspecified atom stereocenters. The van der Waals surface area contributed by atoms with E-state index in [4.69, 9.17) is 4.74 Å². The van der Waals surface area contributed by atoms with Crippen LogP contribution >= 0.6 is 0 Å². The first-order valence-corrected chi connectivity index (χ1v) is 7.88. The molecule has 0 bridgehead atoms. The molecule has 0 saturated heterocycles. The second-order valence-corrected chi connectivity index (χ2v) is 5.19. The van der Waals surface area contributed by atoms with Gasteiger partial charge in [-0.15, -0.1) is 6.58 Å². The molecule has 0 spiro atoms. The summed E-state index contributed by atoms with van der Waals surface area (Å²) < 4.78 is 5.14. The Morgan fingerprint density at radius 2 is 1.71 bits per heavy atom. The van der Waals surface area contributed by atoms with Gasteiger partial charge in [0.05, 0.1) is 0 Å². The molecule has 1 aromatic carbocycles. The van der Waals surface area contributed by atoms with Gasteiger partial charge in [0, 0.05) is 6.54 Å². The first-order valence-electron chi connectivity index (χ1n) is 7.88. The Hall–Kier alpha value is -1.77. The van der Waals surface area contributed by atoms with Crippen molar-refractivity contribution < 1.29 is 9.53 Å². The number of unbranched alkanes of at least 4 members (excludes halogenated alkanes) is 6. The fraction of sp³-hybridized carbons (Fsp3) is 0.500. The summed E-state index contributed by atoms with van der Waals surface area (Å²) in [4.78, 5) is 11.5. The van der Waals surface area contributed by atoms with E-state index in [1.807, 2.05) is 36.4 Å². The van der Waals surface area contributed by atoms with E-state index in [1.165, 1.54) is 25.7 Å². The predicted octanol–water partition coefficient (Wildman–Crippen LogP) is 4.83. The molecule has 0 atom stereocenters. The summed E-state index contributed by atoms with van der Waals surface area (Å²) in [6.45, 7) is 4.74. The molecule has 1 rings (SSSR count). The van der Waals surface area contributed by atoms with Crippen molar-refractivity contribution in [2.45, 2.75) is 51.6 Å². The molecular formula is C18H27NO2. The van der Waals surface area contributed by atoms with Crippen LogP contribution < -0.4 is 5.32 Å². The molecule has 0 aliphatic heterocycles. The number of carbonyl (C=O) groups excluding carboxylic acids is 1. The molecular weight excluding hydrogens is 262 g/mol. The Kier molecular flexibility index (Phi) is 9.88. The lowest BCUT2D eigenvalue weighted by Gasteiger charge is -2.07. The molecule has 0 aliphatic rings. The molecule has 116 valence electrons. The molecule has 1 aromatic rings. The second-order valence-electron chi connectivity index (χ2n) is 5.19. The molecule has 0 aliphatic carbocycles. The number of amides is 1. The summed E-state index contributed by atoms with van der Waals surface area (Å²) in [5, 5.41) is 2.79. The van der Waals surface area contributed by atoms with Gasteiger partial charge in [0.1, 0.15) is 6.61 Å². The van der Waals surface area contributed by atoms with Gasteiger partial charge in [-0.25, -0.2) is 4.79 Å². The first kappa shape index (κ1) is 17.3. The SMILES string of the molecule is C=CCCCCCCCCNC(=O)OCc1ccccc1. The van der Waals surface area contributed by atoms with Crippen molar-refractivity contribution in [2.24, 2.45) is 0 Å². The quantitative estimate of drug-likeness (QED) is 0.468. The largest absolute Gasteiger partial charge is 0.445 e. The van der Waals surface area contributed by atoms with Crippen LogP contribution in [-0.2, 0) is 11.3 Å². The van der Waals surface area contributed by atoms with Crippen LogP contribution in [0.5, 0.6) is 0 Å². The Morgan fingerprint density at radius 3 is 2.43 bits per heavy atom. The van der Waals surface area contributed by atoms with Crippen molar-refractivity contribution >= 4 is 6.09 Å². The second kappa shape index (κ2) is 12.0. The van der Waals surface area contributed by atoms with Gasteiger partial charge in [-0.2, -0.15) is 0 Å². The molecule has 3 heteroatoms.